The quantitative estimate of drug-likeness (QED) is 0.336. The van der Waals surface area contributed by atoms with E-state index < -0.39 is 4.92 Å². The maximum atomic E-state index is 11.0. The van der Waals surface area contributed by atoms with Gasteiger partial charge in [-0.15, -0.1) is 0 Å². The fourth-order valence-corrected chi connectivity index (χ4v) is 2.53. The molecule has 106 valence electrons. The number of nitriles is 1. The SMILES string of the molecule is N#Cc1cc(I)c(OCCCNC2CC2)c([N+](=O)[O-])c1. The van der Waals surface area contributed by atoms with Crippen LogP contribution in [0.25, 0.3) is 0 Å². The second-order valence-corrected chi connectivity index (χ2v) is 5.77. The molecule has 6 nitrogen and oxygen atoms in total. The van der Waals surface area contributed by atoms with Gasteiger partial charge in [-0.1, -0.05) is 0 Å². The van der Waals surface area contributed by atoms with Crippen LogP contribution in [0, 0.1) is 25.0 Å². The summed E-state index contributed by atoms with van der Waals surface area (Å²) in [5.41, 5.74) is 0.118. The van der Waals surface area contributed by atoms with E-state index in [4.69, 9.17) is 10.00 Å². The average Bonchev–Trinajstić information content (AvgIpc) is 3.23. The molecule has 1 aromatic rings. The lowest BCUT2D eigenvalue weighted by Crippen LogP contribution is -2.19. The largest absolute Gasteiger partial charge is 0.486 e. The van der Waals surface area contributed by atoms with Crippen molar-refractivity contribution in [3.05, 3.63) is 31.4 Å². The maximum Gasteiger partial charge on any atom is 0.313 e. The van der Waals surface area contributed by atoms with Crippen LogP contribution in [0.4, 0.5) is 5.69 Å². The standard InChI is InChI=1S/C13H14IN3O3/c14-11-6-9(8-15)7-12(17(18)19)13(11)20-5-1-4-16-10-2-3-10/h6-7,10,16H,1-5H2. The number of nitro benzene ring substituents is 1. The highest BCUT2D eigenvalue weighted by Crippen LogP contribution is 2.33. The summed E-state index contributed by atoms with van der Waals surface area (Å²) in [6.45, 7) is 1.27. The van der Waals surface area contributed by atoms with Crippen molar-refractivity contribution in [2.45, 2.75) is 25.3 Å². The minimum absolute atomic E-state index is 0.149. The molecule has 0 amide bonds. The van der Waals surface area contributed by atoms with Crippen LogP contribution in [0.1, 0.15) is 24.8 Å². The molecule has 1 fully saturated rings. The zero-order chi connectivity index (χ0) is 14.5. The molecule has 0 aromatic heterocycles. The van der Waals surface area contributed by atoms with Crippen LogP contribution < -0.4 is 10.1 Å². The fourth-order valence-electron chi connectivity index (χ4n) is 1.76. The number of nitrogens with one attached hydrogen (secondary N) is 1. The topological polar surface area (TPSA) is 88.2 Å². The molecule has 0 spiro atoms. The Hall–Kier alpha value is -1.40. The predicted octanol–water partition coefficient (Wildman–Crippen LogP) is 2.59. The van der Waals surface area contributed by atoms with Gasteiger partial charge in [-0.2, -0.15) is 5.26 Å². The Bertz CT molecular complexity index is 553. The Morgan fingerprint density at radius 1 is 1.55 bits per heavy atom. The second kappa shape index (κ2) is 6.85. The van der Waals surface area contributed by atoms with E-state index in [0.717, 1.165) is 13.0 Å². The first-order valence-corrected chi connectivity index (χ1v) is 7.44. The Labute approximate surface area is 130 Å². The first kappa shape index (κ1) is 15.0. The molecule has 7 heteroatoms. The Morgan fingerprint density at radius 3 is 2.90 bits per heavy atom. The van der Waals surface area contributed by atoms with Gasteiger partial charge in [-0.05, 0) is 54.5 Å². The van der Waals surface area contributed by atoms with Crippen LogP contribution in [0.5, 0.6) is 5.75 Å². The van der Waals surface area contributed by atoms with Gasteiger partial charge in [0.2, 0.25) is 5.75 Å². The van der Waals surface area contributed by atoms with Gasteiger partial charge < -0.3 is 10.1 Å². The van der Waals surface area contributed by atoms with Crippen molar-refractivity contribution in [3.63, 3.8) is 0 Å². The number of halogens is 1. The lowest BCUT2D eigenvalue weighted by Gasteiger charge is -2.09. The van der Waals surface area contributed by atoms with Gasteiger partial charge in [-0.3, -0.25) is 10.1 Å². The number of nitro groups is 1. The molecular formula is C13H14IN3O3. The van der Waals surface area contributed by atoms with Gasteiger partial charge in [0.25, 0.3) is 0 Å². The smallest absolute Gasteiger partial charge is 0.313 e. The van der Waals surface area contributed by atoms with Crippen molar-refractivity contribution in [3.8, 4) is 11.8 Å². The molecule has 1 saturated carbocycles. The first-order chi connectivity index (χ1) is 9.61. The highest BCUT2D eigenvalue weighted by atomic mass is 127. The van der Waals surface area contributed by atoms with E-state index in [1.165, 1.54) is 18.9 Å². The van der Waals surface area contributed by atoms with Crippen molar-refractivity contribution in [1.82, 2.24) is 5.32 Å². The fraction of sp³-hybridized carbons (Fsp3) is 0.462. The first-order valence-electron chi connectivity index (χ1n) is 6.36. The van der Waals surface area contributed by atoms with Gasteiger partial charge in [0.15, 0.2) is 0 Å². The predicted molar refractivity (Wildman–Crippen MR) is 81.7 cm³/mol. The van der Waals surface area contributed by atoms with Crippen LogP contribution in [0.15, 0.2) is 12.1 Å². The molecule has 2 rings (SSSR count). The normalized spacial score (nSPS) is 13.8. The summed E-state index contributed by atoms with van der Waals surface area (Å²) in [6, 6.07) is 5.40. The zero-order valence-corrected chi connectivity index (χ0v) is 12.9. The number of hydrogen-bond acceptors (Lipinski definition) is 5. The number of hydrogen-bond donors (Lipinski definition) is 1. The van der Waals surface area contributed by atoms with Crippen molar-refractivity contribution in [1.29, 1.82) is 5.26 Å². The maximum absolute atomic E-state index is 11.0. The molecule has 0 unspecified atom stereocenters. The van der Waals surface area contributed by atoms with Crippen LogP contribution in [0.3, 0.4) is 0 Å². The molecule has 1 aromatic carbocycles. The van der Waals surface area contributed by atoms with E-state index in [9.17, 15) is 10.1 Å². The molecular weight excluding hydrogens is 373 g/mol. The van der Waals surface area contributed by atoms with E-state index >= 15 is 0 Å². The van der Waals surface area contributed by atoms with E-state index in [1.807, 2.05) is 28.7 Å². The Balaban J connectivity index is 1.97. The molecule has 0 saturated heterocycles. The number of ether oxygens (including phenoxy) is 1. The van der Waals surface area contributed by atoms with Gasteiger partial charge in [-0.25, -0.2) is 0 Å². The van der Waals surface area contributed by atoms with Crippen LogP contribution in [-0.4, -0.2) is 24.1 Å². The Kier molecular flexibility index (Phi) is 5.14. The molecule has 0 atom stereocenters. The third-order valence-electron chi connectivity index (χ3n) is 2.93. The summed E-state index contributed by atoms with van der Waals surface area (Å²) >= 11 is 1.95. The molecule has 1 N–H and O–H groups in total. The minimum Gasteiger partial charge on any atom is -0.486 e. The summed E-state index contributed by atoms with van der Waals surface area (Å²) in [6.07, 6.45) is 3.27. The van der Waals surface area contributed by atoms with Gasteiger partial charge in [0.1, 0.15) is 0 Å². The van der Waals surface area contributed by atoms with E-state index in [0.29, 0.717) is 16.2 Å². The summed E-state index contributed by atoms with van der Waals surface area (Å²) in [5, 5.41) is 23.2. The third-order valence-corrected chi connectivity index (χ3v) is 3.73. The minimum atomic E-state index is -0.513. The highest BCUT2D eigenvalue weighted by Gasteiger charge is 2.21. The van der Waals surface area contributed by atoms with Crippen LogP contribution in [-0.2, 0) is 0 Å². The zero-order valence-electron chi connectivity index (χ0n) is 10.8. The third kappa shape index (κ3) is 4.05. The monoisotopic (exact) mass is 387 g/mol. The Morgan fingerprint density at radius 2 is 2.30 bits per heavy atom. The molecule has 0 radical (unpaired) electrons. The van der Waals surface area contributed by atoms with Crippen LogP contribution >= 0.6 is 22.6 Å². The average molecular weight is 387 g/mol. The van der Waals surface area contributed by atoms with Gasteiger partial charge >= 0.3 is 5.69 Å². The lowest BCUT2D eigenvalue weighted by atomic mass is 10.2. The van der Waals surface area contributed by atoms with E-state index in [1.54, 1.807) is 6.07 Å². The number of nitrogens with zero attached hydrogens (tertiary/aromatic N) is 2. The lowest BCUT2D eigenvalue weighted by molar-refractivity contribution is -0.386. The van der Waals surface area contributed by atoms with Crippen molar-refractivity contribution < 1.29 is 9.66 Å². The summed E-state index contributed by atoms with van der Waals surface area (Å²) in [5.74, 6) is 0.251. The second-order valence-electron chi connectivity index (χ2n) is 4.61. The molecule has 20 heavy (non-hydrogen) atoms. The highest BCUT2D eigenvalue weighted by molar-refractivity contribution is 14.1. The number of rotatable bonds is 7. The van der Waals surface area contributed by atoms with Crippen molar-refractivity contribution >= 4 is 28.3 Å². The molecule has 0 aliphatic heterocycles. The van der Waals surface area contributed by atoms with Gasteiger partial charge in [0, 0.05) is 12.1 Å². The van der Waals surface area contributed by atoms with Gasteiger partial charge in [0.05, 0.1) is 26.7 Å². The van der Waals surface area contributed by atoms with Crippen molar-refractivity contribution in [2.75, 3.05) is 13.2 Å². The van der Waals surface area contributed by atoms with Crippen molar-refractivity contribution in [2.24, 2.45) is 0 Å². The van der Waals surface area contributed by atoms with Crippen LogP contribution in [0.2, 0.25) is 0 Å². The summed E-state index contributed by atoms with van der Waals surface area (Å²) in [7, 11) is 0. The molecule has 0 bridgehead atoms. The summed E-state index contributed by atoms with van der Waals surface area (Å²) < 4.78 is 6.12. The molecule has 0 heterocycles. The number of benzene rings is 1. The van der Waals surface area contributed by atoms with E-state index in [-0.39, 0.29) is 17.0 Å². The molecule has 1 aliphatic rings. The summed E-state index contributed by atoms with van der Waals surface area (Å²) in [4.78, 5) is 10.5. The molecule has 1 aliphatic carbocycles. The van der Waals surface area contributed by atoms with E-state index in [2.05, 4.69) is 5.32 Å².